The lowest BCUT2D eigenvalue weighted by atomic mass is 10.0. The van der Waals surface area contributed by atoms with Crippen molar-refractivity contribution in [3.8, 4) is 5.75 Å². The van der Waals surface area contributed by atoms with Crippen LogP contribution in [0.4, 0.5) is 0 Å². The Bertz CT molecular complexity index is 717. The van der Waals surface area contributed by atoms with E-state index in [0.29, 0.717) is 5.56 Å². The van der Waals surface area contributed by atoms with Crippen LogP contribution < -0.4 is 4.74 Å². The number of aryl methyl sites for hydroxylation is 2. The Balaban J connectivity index is 2.31. The first-order valence-corrected chi connectivity index (χ1v) is 7.16. The van der Waals surface area contributed by atoms with Gasteiger partial charge in [0.05, 0.1) is 0 Å². The Morgan fingerprint density at radius 1 is 1.09 bits per heavy atom. The normalized spacial score (nSPS) is 11.2. The fourth-order valence-electron chi connectivity index (χ4n) is 2.35. The van der Waals surface area contributed by atoms with Gasteiger partial charge in [0.2, 0.25) is 0 Å². The van der Waals surface area contributed by atoms with Crippen LogP contribution in [0.5, 0.6) is 5.75 Å². The maximum atomic E-state index is 11.4. The molecule has 0 heterocycles. The van der Waals surface area contributed by atoms with Crippen LogP contribution in [-0.4, -0.2) is 23.9 Å². The number of hydrogen-bond acceptors (Lipinski definition) is 4. The summed E-state index contributed by atoms with van der Waals surface area (Å²) >= 11 is 0. The molecule has 2 rings (SSSR count). The summed E-state index contributed by atoms with van der Waals surface area (Å²) in [6.45, 7) is 4.20. The van der Waals surface area contributed by atoms with Crippen LogP contribution in [-0.2, 0) is 16.2 Å². The first-order chi connectivity index (χ1) is 11.0. The van der Waals surface area contributed by atoms with Crippen molar-refractivity contribution < 1.29 is 19.5 Å². The minimum Gasteiger partial charge on any atom is -0.488 e. The lowest BCUT2D eigenvalue weighted by Gasteiger charge is -2.14. The minimum atomic E-state index is -1.15. The van der Waals surface area contributed by atoms with Crippen molar-refractivity contribution in [2.75, 3.05) is 7.11 Å². The molecular weight excluding hydrogens is 294 g/mol. The molecule has 0 unspecified atom stereocenters. The average molecular weight is 313 g/mol. The molecular formula is C18H19NO4. The monoisotopic (exact) mass is 313 g/mol. The molecule has 0 bridgehead atoms. The first-order valence-electron chi connectivity index (χ1n) is 7.16. The van der Waals surface area contributed by atoms with E-state index in [0.717, 1.165) is 22.4 Å². The summed E-state index contributed by atoms with van der Waals surface area (Å²) in [5, 5.41) is 12.9. The topological polar surface area (TPSA) is 68.1 Å². The number of para-hydroxylation sites is 1. The summed E-state index contributed by atoms with van der Waals surface area (Å²) in [5.41, 5.74) is 3.13. The van der Waals surface area contributed by atoms with Crippen LogP contribution in [0.1, 0.15) is 22.3 Å². The highest BCUT2D eigenvalue weighted by atomic mass is 16.6. The Morgan fingerprint density at radius 2 is 1.74 bits per heavy atom. The minimum absolute atomic E-state index is 0.145. The number of ether oxygens (including phenoxy) is 1. The predicted octanol–water partition coefficient (Wildman–Crippen LogP) is 3.32. The number of hydrogen-bond donors (Lipinski definition) is 1. The number of carboxylic acid groups (broad SMARTS) is 1. The summed E-state index contributed by atoms with van der Waals surface area (Å²) < 4.78 is 5.91. The van der Waals surface area contributed by atoms with Gasteiger partial charge in [0.25, 0.3) is 0 Å². The van der Waals surface area contributed by atoms with E-state index in [1.54, 1.807) is 12.1 Å². The predicted molar refractivity (Wildman–Crippen MR) is 87.9 cm³/mol. The first kappa shape index (κ1) is 16.5. The summed E-state index contributed by atoms with van der Waals surface area (Å²) in [6, 6.07) is 13.0. The maximum Gasteiger partial charge on any atom is 0.358 e. The summed E-state index contributed by atoms with van der Waals surface area (Å²) in [7, 11) is 1.32. The molecule has 0 aromatic heterocycles. The quantitative estimate of drug-likeness (QED) is 0.656. The van der Waals surface area contributed by atoms with Crippen LogP contribution in [0.2, 0.25) is 0 Å². The lowest BCUT2D eigenvalue weighted by molar-refractivity contribution is -0.129. The number of rotatable bonds is 6. The standard InChI is InChI=1S/C18H19NO4/c1-12-7-6-8-13(2)17(12)23-11-14-9-4-5-10-15(14)16(18(20)21)19-22-3/h4-10H,11H2,1-3H3,(H,20,21). The molecule has 5 nitrogen and oxygen atoms in total. The van der Waals surface area contributed by atoms with E-state index >= 15 is 0 Å². The molecule has 0 amide bonds. The van der Waals surface area contributed by atoms with E-state index < -0.39 is 5.97 Å². The van der Waals surface area contributed by atoms with Crippen molar-refractivity contribution >= 4 is 11.7 Å². The van der Waals surface area contributed by atoms with Gasteiger partial charge in [0, 0.05) is 5.56 Å². The SMILES string of the molecule is CON=C(C(=O)O)c1ccccc1COc1c(C)cccc1C. The fraction of sp³-hybridized carbons (Fsp3) is 0.222. The molecule has 2 aromatic carbocycles. The number of nitrogens with zero attached hydrogens (tertiary/aromatic N) is 1. The van der Waals surface area contributed by atoms with Gasteiger partial charge in [0.15, 0.2) is 5.71 Å². The summed E-state index contributed by atoms with van der Waals surface area (Å²) in [6.07, 6.45) is 0. The Labute approximate surface area is 135 Å². The van der Waals surface area contributed by atoms with E-state index in [-0.39, 0.29) is 12.3 Å². The van der Waals surface area contributed by atoms with Crippen LogP contribution in [0.3, 0.4) is 0 Å². The van der Waals surface area contributed by atoms with Crippen molar-refractivity contribution in [1.82, 2.24) is 0 Å². The fourth-order valence-corrected chi connectivity index (χ4v) is 2.35. The second-order valence-corrected chi connectivity index (χ2v) is 5.09. The zero-order valence-corrected chi connectivity index (χ0v) is 13.4. The molecule has 0 saturated heterocycles. The van der Waals surface area contributed by atoms with Crippen molar-refractivity contribution in [3.63, 3.8) is 0 Å². The van der Waals surface area contributed by atoms with E-state index in [1.165, 1.54) is 7.11 Å². The number of oxime groups is 1. The van der Waals surface area contributed by atoms with Gasteiger partial charge in [0.1, 0.15) is 19.5 Å². The van der Waals surface area contributed by atoms with Gasteiger partial charge < -0.3 is 14.7 Å². The summed E-state index contributed by atoms with van der Waals surface area (Å²) in [4.78, 5) is 16.0. The molecule has 1 N–H and O–H groups in total. The van der Waals surface area contributed by atoms with E-state index in [2.05, 4.69) is 9.99 Å². The van der Waals surface area contributed by atoms with Gasteiger partial charge in [-0.2, -0.15) is 0 Å². The Hall–Kier alpha value is -2.82. The third-order valence-electron chi connectivity index (χ3n) is 3.44. The molecule has 0 spiro atoms. The molecule has 0 aliphatic carbocycles. The molecule has 23 heavy (non-hydrogen) atoms. The van der Waals surface area contributed by atoms with Gasteiger partial charge >= 0.3 is 5.97 Å². The van der Waals surface area contributed by atoms with E-state index in [9.17, 15) is 9.90 Å². The van der Waals surface area contributed by atoms with Gasteiger partial charge in [-0.1, -0.05) is 47.6 Å². The third-order valence-corrected chi connectivity index (χ3v) is 3.44. The second kappa shape index (κ2) is 7.45. The molecule has 0 radical (unpaired) electrons. The summed E-state index contributed by atoms with van der Waals surface area (Å²) in [5.74, 6) is -0.339. The van der Waals surface area contributed by atoms with Crippen LogP contribution in [0, 0.1) is 13.8 Å². The van der Waals surface area contributed by atoms with Crippen LogP contribution >= 0.6 is 0 Å². The van der Waals surface area contributed by atoms with Crippen LogP contribution in [0.25, 0.3) is 0 Å². The number of carboxylic acids is 1. The molecule has 2 aromatic rings. The Morgan fingerprint density at radius 3 is 2.35 bits per heavy atom. The number of benzene rings is 2. The zero-order chi connectivity index (χ0) is 16.8. The highest BCUT2D eigenvalue weighted by Gasteiger charge is 2.17. The van der Waals surface area contributed by atoms with Gasteiger partial charge in [-0.25, -0.2) is 4.79 Å². The van der Waals surface area contributed by atoms with E-state index in [4.69, 9.17) is 4.74 Å². The van der Waals surface area contributed by atoms with Gasteiger partial charge in [-0.3, -0.25) is 0 Å². The van der Waals surface area contributed by atoms with Crippen molar-refractivity contribution in [1.29, 1.82) is 0 Å². The van der Waals surface area contributed by atoms with Gasteiger partial charge in [-0.05, 0) is 30.5 Å². The van der Waals surface area contributed by atoms with Crippen LogP contribution in [0.15, 0.2) is 47.6 Å². The largest absolute Gasteiger partial charge is 0.488 e. The molecule has 0 fully saturated rings. The molecule has 0 atom stereocenters. The number of carbonyl (C=O) groups is 1. The smallest absolute Gasteiger partial charge is 0.358 e. The molecule has 0 aliphatic heterocycles. The number of aliphatic carboxylic acids is 1. The van der Waals surface area contributed by atoms with Gasteiger partial charge in [-0.15, -0.1) is 0 Å². The third kappa shape index (κ3) is 3.88. The maximum absolute atomic E-state index is 11.4. The average Bonchev–Trinajstić information content (AvgIpc) is 2.52. The highest BCUT2D eigenvalue weighted by molar-refractivity contribution is 6.42. The lowest BCUT2D eigenvalue weighted by Crippen LogP contribution is -2.17. The van der Waals surface area contributed by atoms with Crippen molar-refractivity contribution in [2.24, 2.45) is 5.16 Å². The highest BCUT2D eigenvalue weighted by Crippen LogP contribution is 2.24. The molecule has 0 aliphatic rings. The Kier molecular flexibility index (Phi) is 5.36. The molecule has 120 valence electrons. The zero-order valence-electron chi connectivity index (χ0n) is 13.4. The second-order valence-electron chi connectivity index (χ2n) is 5.09. The van der Waals surface area contributed by atoms with E-state index in [1.807, 2.05) is 44.2 Å². The molecule has 0 saturated carbocycles. The van der Waals surface area contributed by atoms with Crippen molar-refractivity contribution in [2.45, 2.75) is 20.5 Å². The van der Waals surface area contributed by atoms with Crippen molar-refractivity contribution in [3.05, 3.63) is 64.7 Å². The molecule has 5 heteroatoms.